The number of hydrogen-bond acceptors (Lipinski definition) is 5. The molecule has 2 heterocycles. The van der Waals surface area contributed by atoms with Crippen LogP contribution in [0, 0.1) is 0 Å². The lowest BCUT2D eigenvalue weighted by Crippen LogP contribution is -2.22. The number of sulfone groups is 1. The minimum absolute atomic E-state index is 0.0177. The van der Waals surface area contributed by atoms with Gasteiger partial charge in [-0.25, -0.2) is 13.4 Å². The highest BCUT2D eigenvalue weighted by atomic mass is 32.2. The molecule has 0 aliphatic carbocycles. The molecule has 5 rings (SSSR count). The monoisotopic (exact) mass is 555 g/mol. The van der Waals surface area contributed by atoms with Crippen LogP contribution in [0.3, 0.4) is 0 Å². The van der Waals surface area contributed by atoms with Crippen molar-refractivity contribution in [3.8, 4) is 0 Å². The largest absolute Gasteiger partial charge is 0.449 e. The fourth-order valence-electron chi connectivity index (χ4n) is 4.44. The lowest BCUT2D eigenvalue weighted by Gasteiger charge is -2.12. The quantitative estimate of drug-likeness (QED) is 0.314. The average molecular weight is 556 g/mol. The summed E-state index contributed by atoms with van der Waals surface area (Å²) in [5.74, 6) is -1.58. The fraction of sp³-hybridized carbons (Fsp3) is 0.222. The van der Waals surface area contributed by atoms with E-state index >= 15 is 0 Å². The molecular formula is C27H24F3N5O3S. The number of carbonyl (C=O) groups excluding carboxylic acids is 1. The first-order valence-electron chi connectivity index (χ1n) is 12.0. The van der Waals surface area contributed by atoms with Gasteiger partial charge in [-0.1, -0.05) is 37.3 Å². The molecule has 0 saturated heterocycles. The second-order valence-electron chi connectivity index (χ2n) is 9.11. The molecule has 202 valence electrons. The van der Waals surface area contributed by atoms with Crippen LogP contribution in [-0.2, 0) is 36.2 Å². The Morgan fingerprint density at radius 1 is 1.05 bits per heavy atom. The molecule has 8 nitrogen and oxygen atoms in total. The van der Waals surface area contributed by atoms with Crippen LogP contribution >= 0.6 is 0 Å². The second kappa shape index (κ2) is 9.84. The Balaban J connectivity index is 1.41. The molecule has 0 spiro atoms. The first-order valence-corrected chi connectivity index (χ1v) is 13.7. The molecule has 0 saturated carbocycles. The smallest absolute Gasteiger partial charge is 0.348 e. The third kappa shape index (κ3) is 5.24. The number of amides is 1. The van der Waals surface area contributed by atoms with Gasteiger partial charge in [0, 0.05) is 36.3 Å². The molecule has 0 atom stereocenters. The van der Waals surface area contributed by atoms with Gasteiger partial charge in [0.2, 0.25) is 5.82 Å². The van der Waals surface area contributed by atoms with Gasteiger partial charge in [0.05, 0.1) is 33.7 Å². The van der Waals surface area contributed by atoms with Crippen molar-refractivity contribution < 1.29 is 26.4 Å². The van der Waals surface area contributed by atoms with Gasteiger partial charge in [0.1, 0.15) is 0 Å². The van der Waals surface area contributed by atoms with Crippen LogP contribution in [0.1, 0.15) is 34.2 Å². The number of aromatic nitrogens is 4. The summed E-state index contributed by atoms with van der Waals surface area (Å²) >= 11 is 0. The van der Waals surface area contributed by atoms with Crippen molar-refractivity contribution in [3.05, 3.63) is 89.4 Å². The highest BCUT2D eigenvalue weighted by Crippen LogP contribution is 2.33. The Labute approximate surface area is 222 Å². The maximum absolute atomic E-state index is 14.0. The zero-order valence-electron chi connectivity index (χ0n) is 21.0. The van der Waals surface area contributed by atoms with Gasteiger partial charge in [-0.05, 0) is 35.9 Å². The number of rotatable bonds is 7. The second-order valence-corrected chi connectivity index (χ2v) is 11.4. The van der Waals surface area contributed by atoms with Gasteiger partial charge in [0.25, 0.3) is 5.91 Å². The van der Waals surface area contributed by atoms with Crippen LogP contribution in [0.2, 0.25) is 0 Å². The van der Waals surface area contributed by atoms with Gasteiger partial charge < -0.3 is 9.88 Å². The number of aryl methyl sites for hydroxylation is 1. The predicted octanol–water partition coefficient (Wildman–Crippen LogP) is 4.71. The average Bonchev–Trinajstić information content (AvgIpc) is 3.47. The number of alkyl halides is 3. The van der Waals surface area contributed by atoms with Crippen molar-refractivity contribution in [2.24, 2.45) is 7.05 Å². The summed E-state index contributed by atoms with van der Waals surface area (Å²) in [6, 6.07) is 15.7. The number of nitrogens with one attached hydrogen (secondary N) is 1. The molecule has 0 unspecified atom stereocenters. The molecule has 1 amide bonds. The van der Waals surface area contributed by atoms with Crippen LogP contribution in [0.25, 0.3) is 21.9 Å². The van der Waals surface area contributed by atoms with E-state index in [0.717, 1.165) is 9.95 Å². The minimum atomic E-state index is -4.71. The van der Waals surface area contributed by atoms with Crippen LogP contribution in [0.5, 0.6) is 0 Å². The van der Waals surface area contributed by atoms with E-state index in [2.05, 4.69) is 15.4 Å². The molecule has 1 N–H and O–H groups in total. The Hall–Kier alpha value is -4.19. The van der Waals surface area contributed by atoms with Crippen molar-refractivity contribution in [1.29, 1.82) is 0 Å². The van der Waals surface area contributed by atoms with Crippen molar-refractivity contribution in [2.45, 2.75) is 31.1 Å². The Kier molecular flexibility index (Phi) is 6.67. The maximum atomic E-state index is 14.0. The summed E-state index contributed by atoms with van der Waals surface area (Å²) in [6.45, 7) is 1.57. The standard InChI is InChI=1S/C27H24F3N5O3S/c1-3-39(37,38)21-10-7-17(8-11-21)14-31-25(36)18-9-12-23-22(13-18)32-26(27(28,29)30)35(23)16-20-6-4-5-19-15-34(2)33-24(19)20/h4-13,15H,3,14,16H2,1-2H3,(H,31,36). The first kappa shape index (κ1) is 26.4. The number of nitrogens with zero attached hydrogens (tertiary/aromatic N) is 4. The highest BCUT2D eigenvalue weighted by Gasteiger charge is 2.38. The summed E-state index contributed by atoms with van der Waals surface area (Å²) in [5, 5.41) is 7.91. The van der Waals surface area contributed by atoms with Crippen molar-refractivity contribution >= 4 is 37.7 Å². The van der Waals surface area contributed by atoms with E-state index in [4.69, 9.17) is 0 Å². The maximum Gasteiger partial charge on any atom is 0.449 e. The van der Waals surface area contributed by atoms with Crippen LogP contribution in [0.15, 0.2) is 71.8 Å². The lowest BCUT2D eigenvalue weighted by atomic mass is 10.1. The van der Waals surface area contributed by atoms with Crippen molar-refractivity contribution in [1.82, 2.24) is 24.6 Å². The number of imidazole rings is 1. The molecule has 0 aliphatic heterocycles. The third-order valence-corrected chi connectivity index (χ3v) is 8.19. The lowest BCUT2D eigenvalue weighted by molar-refractivity contribution is -0.146. The SMILES string of the molecule is CCS(=O)(=O)c1ccc(CNC(=O)c2ccc3c(c2)nc(C(F)(F)F)n3Cc2cccc3cn(C)nc23)cc1. The molecule has 2 aromatic heterocycles. The molecule has 3 aromatic carbocycles. The summed E-state index contributed by atoms with van der Waals surface area (Å²) in [4.78, 5) is 16.8. The third-order valence-electron chi connectivity index (χ3n) is 6.44. The number of fused-ring (bicyclic) bond motifs is 2. The Bertz CT molecular complexity index is 1810. The van der Waals surface area contributed by atoms with E-state index < -0.39 is 27.7 Å². The summed E-state index contributed by atoms with van der Waals surface area (Å²) in [6.07, 6.45) is -2.92. The predicted molar refractivity (Wildman–Crippen MR) is 140 cm³/mol. The first-order chi connectivity index (χ1) is 18.5. The molecule has 39 heavy (non-hydrogen) atoms. The fourth-order valence-corrected chi connectivity index (χ4v) is 5.32. The minimum Gasteiger partial charge on any atom is -0.348 e. The molecule has 0 fully saturated rings. The van der Waals surface area contributed by atoms with Crippen LogP contribution in [0.4, 0.5) is 13.2 Å². The zero-order chi connectivity index (χ0) is 27.9. The molecule has 5 aromatic rings. The van der Waals surface area contributed by atoms with E-state index in [1.807, 2.05) is 6.07 Å². The summed E-state index contributed by atoms with van der Waals surface area (Å²) in [7, 11) is -1.59. The molecule has 12 heteroatoms. The van der Waals surface area contributed by atoms with Crippen molar-refractivity contribution in [2.75, 3.05) is 5.75 Å². The van der Waals surface area contributed by atoms with Gasteiger partial charge in [-0.3, -0.25) is 9.48 Å². The highest BCUT2D eigenvalue weighted by molar-refractivity contribution is 7.91. The van der Waals surface area contributed by atoms with Gasteiger partial charge in [-0.2, -0.15) is 18.3 Å². The van der Waals surface area contributed by atoms with E-state index in [0.29, 0.717) is 16.6 Å². The molecule has 0 bridgehead atoms. The Morgan fingerprint density at radius 2 is 1.79 bits per heavy atom. The zero-order valence-corrected chi connectivity index (χ0v) is 21.8. The van der Waals surface area contributed by atoms with Crippen molar-refractivity contribution in [3.63, 3.8) is 0 Å². The van der Waals surface area contributed by atoms with Crippen LogP contribution in [-0.4, -0.2) is 39.4 Å². The molecular weight excluding hydrogens is 531 g/mol. The Morgan fingerprint density at radius 3 is 2.49 bits per heavy atom. The van der Waals surface area contributed by atoms with E-state index in [1.54, 1.807) is 49.1 Å². The molecule has 0 aliphatic rings. The molecule has 0 radical (unpaired) electrons. The number of hydrogen-bond donors (Lipinski definition) is 1. The van der Waals surface area contributed by atoms with Crippen LogP contribution < -0.4 is 5.32 Å². The summed E-state index contributed by atoms with van der Waals surface area (Å²) < 4.78 is 68.6. The number of benzene rings is 3. The van der Waals surface area contributed by atoms with Gasteiger partial charge >= 0.3 is 6.18 Å². The van der Waals surface area contributed by atoms with Gasteiger partial charge in [0.15, 0.2) is 9.84 Å². The van der Waals surface area contributed by atoms with E-state index in [1.165, 1.54) is 30.3 Å². The van der Waals surface area contributed by atoms with E-state index in [9.17, 15) is 26.4 Å². The number of carbonyl (C=O) groups is 1. The normalized spacial score (nSPS) is 12.3. The summed E-state index contributed by atoms with van der Waals surface area (Å²) in [5.41, 5.74) is 2.31. The topological polar surface area (TPSA) is 98.9 Å². The number of halogens is 3. The van der Waals surface area contributed by atoms with E-state index in [-0.39, 0.29) is 40.3 Å². The van der Waals surface area contributed by atoms with Gasteiger partial charge in [-0.15, -0.1) is 0 Å².